The number of nitrogens with two attached hydrogens (primary N) is 1. The van der Waals surface area contributed by atoms with Crippen molar-refractivity contribution in [1.82, 2.24) is 19.5 Å². The number of rotatable bonds is 6. The molecule has 12 heteroatoms. The lowest BCUT2D eigenvalue weighted by Crippen LogP contribution is -2.38. The van der Waals surface area contributed by atoms with Crippen LogP contribution in [0.5, 0.6) is 0 Å². The third-order valence-electron chi connectivity index (χ3n) is 7.43. The molecule has 1 amide bonds. The number of aliphatic hydroxyl groups is 1. The van der Waals surface area contributed by atoms with Crippen molar-refractivity contribution in [3.8, 4) is 0 Å². The van der Waals surface area contributed by atoms with E-state index in [2.05, 4.69) is 20.6 Å². The van der Waals surface area contributed by atoms with Crippen LogP contribution in [0, 0.1) is 17.6 Å². The minimum atomic E-state index is -0.848. The molecule has 1 aromatic carbocycles. The first-order valence-electron chi connectivity index (χ1n) is 12.5. The molecule has 2 heterocycles. The van der Waals surface area contributed by atoms with E-state index in [-0.39, 0.29) is 40.6 Å². The van der Waals surface area contributed by atoms with Gasteiger partial charge in [-0.25, -0.2) is 18.7 Å². The summed E-state index contributed by atoms with van der Waals surface area (Å²) in [5, 5.41) is 16.6. The van der Waals surface area contributed by atoms with Crippen molar-refractivity contribution < 1.29 is 18.7 Å². The molecule has 9 nitrogen and oxygen atoms in total. The van der Waals surface area contributed by atoms with E-state index in [0.717, 1.165) is 31.4 Å². The van der Waals surface area contributed by atoms with Crippen molar-refractivity contribution in [3.05, 3.63) is 35.0 Å². The molecule has 2 aliphatic rings. The van der Waals surface area contributed by atoms with Crippen molar-refractivity contribution in [3.63, 3.8) is 0 Å². The minimum absolute atomic E-state index is 0.0216. The van der Waals surface area contributed by atoms with Gasteiger partial charge in [-0.1, -0.05) is 11.6 Å². The summed E-state index contributed by atoms with van der Waals surface area (Å²) >= 11 is 6.14. The zero-order valence-electron chi connectivity index (χ0n) is 20.5. The van der Waals surface area contributed by atoms with E-state index in [1.807, 2.05) is 11.5 Å². The smallest absolute Gasteiger partial charge is 0.224 e. The van der Waals surface area contributed by atoms with E-state index in [9.17, 15) is 18.7 Å². The second-order valence-electron chi connectivity index (χ2n) is 10.4. The molecule has 0 aliphatic heterocycles. The van der Waals surface area contributed by atoms with Gasteiger partial charge in [0.25, 0.3) is 0 Å². The number of nitrogens with zero attached hydrogens (tertiary/aromatic N) is 4. The summed E-state index contributed by atoms with van der Waals surface area (Å²) < 4.78 is 30.1. The highest BCUT2D eigenvalue weighted by Gasteiger charge is 2.32. The van der Waals surface area contributed by atoms with Crippen molar-refractivity contribution >= 4 is 46.3 Å². The Balaban J connectivity index is 1.51. The van der Waals surface area contributed by atoms with Gasteiger partial charge in [0.2, 0.25) is 17.8 Å². The van der Waals surface area contributed by atoms with E-state index >= 15 is 0 Å². The van der Waals surface area contributed by atoms with Crippen molar-refractivity contribution in [2.75, 3.05) is 10.6 Å². The third-order valence-corrected chi connectivity index (χ3v) is 7.73. The Bertz CT molecular complexity index is 1300. The van der Waals surface area contributed by atoms with E-state index in [4.69, 9.17) is 22.3 Å². The lowest BCUT2D eigenvalue weighted by atomic mass is 9.83. The van der Waals surface area contributed by atoms with Crippen LogP contribution >= 0.6 is 11.6 Å². The van der Waals surface area contributed by atoms with Crippen LogP contribution in [0.15, 0.2) is 18.3 Å². The summed E-state index contributed by atoms with van der Waals surface area (Å²) in [7, 11) is 0. The van der Waals surface area contributed by atoms with Crippen LogP contribution in [0.1, 0.15) is 64.3 Å². The highest BCUT2D eigenvalue weighted by Crippen LogP contribution is 2.38. The number of carbonyl (C=O) groups excluding carboxylic acids is 1. The standard InChI is InChI=1S/C25H30ClF2N7O2/c1-25(37)8-2-3-15(11-25)31-23-30-12-19-22(34-23)35(16-6-4-13(5-7-16)21(29)36)24(32-19)33-20-17(26)9-14(27)10-18(20)28/h9-10,12-13,15-16,37H,2-8,11H2,1H3,(H2,29,36)(H,32,33)(H,30,31,34)/t13-,15-,16-,25+/m1/s1. The molecule has 2 fully saturated rings. The van der Waals surface area contributed by atoms with Crippen LogP contribution < -0.4 is 16.4 Å². The van der Waals surface area contributed by atoms with Gasteiger partial charge < -0.3 is 21.5 Å². The van der Waals surface area contributed by atoms with Gasteiger partial charge in [-0.15, -0.1) is 0 Å². The third kappa shape index (κ3) is 5.47. The number of primary amides is 1. The molecule has 37 heavy (non-hydrogen) atoms. The second kappa shape index (κ2) is 10.0. The molecule has 3 aromatic rings. The summed E-state index contributed by atoms with van der Waals surface area (Å²) in [5.41, 5.74) is 5.70. The van der Waals surface area contributed by atoms with Crippen LogP contribution in [0.2, 0.25) is 5.02 Å². The molecule has 2 aliphatic carbocycles. The number of nitrogens with one attached hydrogen (secondary N) is 2. The molecule has 5 rings (SSSR count). The number of benzene rings is 1. The van der Waals surface area contributed by atoms with Crippen molar-refractivity contribution in [1.29, 1.82) is 0 Å². The average Bonchev–Trinajstić information content (AvgIpc) is 3.18. The lowest BCUT2D eigenvalue weighted by Gasteiger charge is -2.34. The van der Waals surface area contributed by atoms with Gasteiger partial charge >= 0.3 is 0 Å². The number of hydrogen-bond acceptors (Lipinski definition) is 7. The zero-order valence-corrected chi connectivity index (χ0v) is 21.2. The zero-order chi connectivity index (χ0) is 26.3. The fourth-order valence-corrected chi connectivity index (χ4v) is 5.80. The van der Waals surface area contributed by atoms with Crippen molar-refractivity contribution in [2.24, 2.45) is 11.7 Å². The lowest BCUT2D eigenvalue weighted by molar-refractivity contribution is -0.122. The Morgan fingerprint density at radius 1 is 1.22 bits per heavy atom. The first kappa shape index (κ1) is 25.6. The van der Waals surface area contributed by atoms with E-state index in [1.165, 1.54) is 0 Å². The van der Waals surface area contributed by atoms with Gasteiger partial charge in [0.1, 0.15) is 11.3 Å². The first-order valence-corrected chi connectivity index (χ1v) is 12.9. The first-order chi connectivity index (χ1) is 17.6. The highest BCUT2D eigenvalue weighted by atomic mass is 35.5. The van der Waals surface area contributed by atoms with Gasteiger partial charge in [-0.2, -0.15) is 4.98 Å². The molecular weight excluding hydrogens is 504 g/mol. The number of amides is 1. The summed E-state index contributed by atoms with van der Waals surface area (Å²) in [4.78, 5) is 25.5. The Morgan fingerprint density at radius 3 is 2.65 bits per heavy atom. The van der Waals surface area contributed by atoms with Crippen LogP contribution in [-0.4, -0.2) is 42.2 Å². The Hall–Kier alpha value is -3.05. The number of aromatic nitrogens is 4. The molecule has 198 valence electrons. The quantitative estimate of drug-likeness (QED) is 0.357. The predicted octanol–water partition coefficient (Wildman–Crippen LogP) is 4.82. The monoisotopic (exact) mass is 533 g/mol. The number of anilines is 3. The molecule has 2 saturated carbocycles. The summed E-state index contributed by atoms with van der Waals surface area (Å²) in [6, 6.07) is 1.70. The number of halogens is 3. The second-order valence-corrected chi connectivity index (χ2v) is 10.8. The van der Waals surface area contributed by atoms with E-state index < -0.39 is 17.2 Å². The molecule has 0 spiro atoms. The average molecular weight is 534 g/mol. The van der Waals surface area contributed by atoms with Crippen LogP contribution in [-0.2, 0) is 4.79 Å². The maximum Gasteiger partial charge on any atom is 0.224 e. The number of imidazole rings is 1. The Labute approximate surface area is 217 Å². The van der Waals surface area contributed by atoms with Crippen LogP contribution in [0.25, 0.3) is 11.2 Å². The fraction of sp³-hybridized carbons (Fsp3) is 0.520. The van der Waals surface area contributed by atoms with Gasteiger partial charge in [0.15, 0.2) is 11.5 Å². The maximum absolute atomic E-state index is 14.6. The molecule has 2 aromatic heterocycles. The molecule has 0 unspecified atom stereocenters. The van der Waals surface area contributed by atoms with Crippen molar-refractivity contribution in [2.45, 2.75) is 76.0 Å². The van der Waals surface area contributed by atoms with Gasteiger partial charge in [-0.3, -0.25) is 9.36 Å². The fourth-order valence-electron chi connectivity index (χ4n) is 5.56. The molecule has 0 radical (unpaired) electrons. The number of hydrogen-bond donors (Lipinski definition) is 4. The summed E-state index contributed by atoms with van der Waals surface area (Å²) in [5.74, 6) is -1.45. The maximum atomic E-state index is 14.6. The highest BCUT2D eigenvalue weighted by molar-refractivity contribution is 6.33. The summed E-state index contributed by atoms with van der Waals surface area (Å²) in [6.45, 7) is 1.83. The SMILES string of the molecule is C[C@]1(O)CCC[C@@H](Nc2ncc3nc(Nc4c(F)cc(F)cc4Cl)n([C@H]4CC[C@H](C(N)=O)CC4)c3n2)C1. The molecule has 5 N–H and O–H groups in total. The Kier molecular flexibility index (Phi) is 6.93. The molecule has 2 atom stereocenters. The largest absolute Gasteiger partial charge is 0.390 e. The molecule has 0 bridgehead atoms. The minimum Gasteiger partial charge on any atom is -0.390 e. The number of fused-ring (bicyclic) bond motifs is 1. The Morgan fingerprint density at radius 2 is 1.97 bits per heavy atom. The summed E-state index contributed by atoms with van der Waals surface area (Å²) in [6.07, 6.45) is 7.22. The van der Waals surface area contributed by atoms with Gasteiger partial charge in [-0.05, 0) is 64.4 Å². The predicted molar refractivity (Wildman–Crippen MR) is 137 cm³/mol. The number of carbonyl (C=O) groups is 1. The molecular formula is C25H30ClF2N7O2. The van der Waals surface area contributed by atoms with E-state index in [0.29, 0.717) is 49.2 Å². The normalized spacial score (nSPS) is 26.2. The molecule has 0 saturated heterocycles. The van der Waals surface area contributed by atoms with Crippen LogP contribution in [0.3, 0.4) is 0 Å². The topological polar surface area (TPSA) is 131 Å². The van der Waals surface area contributed by atoms with Gasteiger partial charge in [0.05, 0.1) is 22.5 Å². The van der Waals surface area contributed by atoms with Crippen LogP contribution in [0.4, 0.5) is 26.4 Å². The van der Waals surface area contributed by atoms with E-state index in [1.54, 1.807) is 6.20 Å². The van der Waals surface area contributed by atoms with Gasteiger partial charge in [0, 0.05) is 24.1 Å².